The quantitative estimate of drug-likeness (QED) is 0.648. The predicted molar refractivity (Wildman–Crippen MR) is 58.3 cm³/mol. The summed E-state index contributed by atoms with van der Waals surface area (Å²) in [5.74, 6) is 0. The van der Waals surface area contributed by atoms with E-state index in [2.05, 4.69) is 38.1 Å². The fourth-order valence-corrected chi connectivity index (χ4v) is 1.78. The van der Waals surface area contributed by atoms with E-state index in [0.29, 0.717) is 6.10 Å². The molecule has 1 unspecified atom stereocenters. The van der Waals surface area contributed by atoms with Crippen LogP contribution in [0.1, 0.15) is 19.4 Å². The Labute approximate surface area is 85.4 Å². The van der Waals surface area contributed by atoms with E-state index in [9.17, 15) is 0 Å². The second-order valence-electron chi connectivity index (χ2n) is 3.95. The van der Waals surface area contributed by atoms with Gasteiger partial charge in [-0.3, -0.25) is 0 Å². The smallest absolute Gasteiger partial charge is 0.0830 e. The van der Waals surface area contributed by atoms with Gasteiger partial charge in [-0.05, 0) is 30.6 Å². The number of hydrogen-bond acceptors (Lipinski definition) is 1. The third-order valence-electron chi connectivity index (χ3n) is 2.92. The van der Waals surface area contributed by atoms with Crippen molar-refractivity contribution in [3.8, 4) is 0 Å². The van der Waals surface area contributed by atoms with Crippen molar-refractivity contribution in [1.29, 1.82) is 0 Å². The van der Waals surface area contributed by atoms with Gasteiger partial charge < -0.3 is 4.74 Å². The summed E-state index contributed by atoms with van der Waals surface area (Å²) in [6.45, 7) is 5.14. The third kappa shape index (κ3) is 1.88. The molecule has 0 fully saturated rings. The molecule has 0 saturated carbocycles. The second-order valence-corrected chi connectivity index (χ2v) is 3.95. The summed E-state index contributed by atoms with van der Waals surface area (Å²) in [6.07, 6.45) is 1.31. The van der Waals surface area contributed by atoms with Crippen molar-refractivity contribution in [3.05, 3.63) is 47.0 Å². The maximum absolute atomic E-state index is 5.71. The number of ether oxygens (including phenoxy) is 1. The third-order valence-corrected chi connectivity index (χ3v) is 2.92. The van der Waals surface area contributed by atoms with Gasteiger partial charge in [0, 0.05) is 6.42 Å². The maximum Gasteiger partial charge on any atom is 0.0830 e. The van der Waals surface area contributed by atoms with Gasteiger partial charge in [-0.1, -0.05) is 30.3 Å². The highest BCUT2D eigenvalue weighted by molar-refractivity contribution is 5.24. The summed E-state index contributed by atoms with van der Waals surface area (Å²) in [6, 6.07) is 10.5. The fraction of sp³-hybridized carbons (Fsp3) is 0.385. The van der Waals surface area contributed by atoms with Gasteiger partial charge in [0.05, 0.1) is 12.7 Å². The molecule has 0 saturated heterocycles. The minimum absolute atomic E-state index is 0.303. The van der Waals surface area contributed by atoms with Crippen LogP contribution in [0.3, 0.4) is 0 Å². The number of benzene rings is 1. The summed E-state index contributed by atoms with van der Waals surface area (Å²) < 4.78 is 5.71. The fourth-order valence-electron chi connectivity index (χ4n) is 1.78. The molecule has 1 aliphatic heterocycles. The van der Waals surface area contributed by atoms with Gasteiger partial charge in [0.25, 0.3) is 0 Å². The van der Waals surface area contributed by atoms with E-state index in [0.717, 1.165) is 13.0 Å². The van der Waals surface area contributed by atoms with E-state index in [4.69, 9.17) is 4.74 Å². The van der Waals surface area contributed by atoms with Crippen molar-refractivity contribution in [2.24, 2.45) is 0 Å². The van der Waals surface area contributed by atoms with Crippen LogP contribution in [-0.4, -0.2) is 12.7 Å². The highest BCUT2D eigenvalue weighted by atomic mass is 16.5. The van der Waals surface area contributed by atoms with E-state index in [1.165, 1.54) is 16.7 Å². The van der Waals surface area contributed by atoms with Gasteiger partial charge in [-0.15, -0.1) is 0 Å². The van der Waals surface area contributed by atoms with Crippen molar-refractivity contribution in [2.75, 3.05) is 6.61 Å². The zero-order chi connectivity index (χ0) is 9.97. The molecule has 0 N–H and O–H groups in total. The molecule has 2 rings (SSSR count). The lowest BCUT2D eigenvalue weighted by atomic mass is 10.0. The topological polar surface area (TPSA) is 9.23 Å². The molecule has 0 radical (unpaired) electrons. The monoisotopic (exact) mass is 188 g/mol. The van der Waals surface area contributed by atoms with Crippen molar-refractivity contribution in [3.63, 3.8) is 0 Å². The average Bonchev–Trinajstić information content (AvgIpc) is 2.52. The number of rotatable bonds is 2. The molecule has 74 valence electrons. The van der Waals surface area contributed by atoms with E-state index in [-0.39, 0.29) is 0 Å². The molecule has 1 nitrogen and oxygen atoms in total. The predicted octanol–water partition coefficient (Wildman–Crippen LogP) is 2.96. The molecule has 0 spiro atoms. The van der Waals surface area contributed by atoms with Gasteiger partial charge in [-0.25, -0.2) is 0 Å². The van der Waals surface area contributed by atoms with Gasteiger partial charge in [0.15, 0.2) is 0 Å². The summed E-state index contributed by atoms with van der Waals surface area (Å²) in [5.41, 5.74) is 4.16. The van der Waals surface area contributed by atoms with Gasteiger partial charge in [0.1, 0.15) is 0 Å². The zero-order valence-electron chi connectivity index (χ0n) is 8.79. The van der Waals surface area contributed by atoms with Crippen LogP contribution in [0.5, 0.6) is 0 Å². The van der Waals surface area contributed by atoms with Crippen LogP contribution < -0.4 is 0 Å². The van der Waals surface area contributed by atoms with E-state index < -0.39 is 0 Å². The Balaban J connectivity index is 2.07. The zero-order valence-corrected chi connectivity index (χ0v) is 8.79. The summed E-state index contributed by atoms with van der Waals surface area (Å²) in [7, 11) is 0. The number of hydrogen-bond donors (Lipinski definition) is 0. The van der Waals surface area contributed by atoms with Crippen LogP contribution in [0, 0.1) is 0 Å². The molecule has 1 aromatic rings. The minimum Gasteiger partial charge on any atom is -0.369 e. The second kappa shape index (κ2) is 3.97. The molecule has 0 aromatic heterocycles. The summed E-state index contributed by atoms with van der Waals surface area (Å²) in [4.78, 5) is 0. The van der Waals surface area contributed by atoms with Crippen LogP contribution in [0.15, 0.2) is 41.5 Å². The summed E-state index contributed by atoms with van der Waals surface area (Å²) >= 11 is 0. The first-order valence-electron chi connectivity index (χ1n) is 5.09. The molecule has 1 atom stereocenters. The highest BCUT2D eigenvalue weighted by Gasteiger charge is 2.20. The Morgan fingerprint density at radius 2 is 1.93 bits per heavy atom. The molecule has 1 heteroatoms. The standard InChI is InChI=1S/C13H16O/c1-10-9-14-13(11(10)2)8-12-6-4-3-5-7-12/h3-7,13H,8-9H2,1-2H3. The Bertz CT molecular complexity index is 338. The van der Waals surface area contributed by atoms with Gasteiger partial charge in [0.2, 0.25) is 0 Å². The first kappa shape index (κ1) is 9.47. The molecule has 1 heterocycles. The lowest BCUT2D eigenvalue weighted by Gasteiger charge is -2.11. The average molecular weight is 188 g/mol. The van der Waals surface area contributed by atoms with E-state index >= 15 is 0 Å². The van der Waals surface area contributed by atoms with Crippen molar-refractivity contribution in [1.82, 2.24) is 0 Å². The largest absolute Gasteiger partial charge is 0.369 e. The van der Waals surface area contributed by atoms with Crippen LogP contribution in [0.25, 0.3) is 0 Å². The molecular weight excluding hydrogens is 172 g/mol. The summed E-state index contributed by atoms with van der Waals surface area (Å²) in [5, 5.41) is 0. The molecule has 14 heavy (non-hydrogen) atoms. The molecule has 1 aromatic carbocycles. The lowest BCUT2D eigenvalue weighted by molar-refractivity contribution is 0.120. The molecule has 0 bridgehead atoms. The molecule has 1 aliphatic rings. The molecule has 0 amide bonds. The SMILES string of the molecule is CC1=C(C)C(Cc2ccccc2)OC1. The molecule has 0 aliphatic carbocycles. The van der Waals surface area contributed by atoms with Crippen LogP contribution in [0.2, 0.25) is 0 Å². The van der Waals surface area contributed by atoms with E-state index in [1.54, 1.807) is 0 Å². The maximum atomic E-state index is 5.71. The molecular formula is C13H16O. The first-order valence-corrected chi connectivity index (χ1v) is 5.09. The highest BCUT2D eigenvalue weighted by Crippen LogP contribution is 2.23. The normalized spacial score (nSPS) is 21.7. The van der Waals surface area contributed by atoms with Crippen LogP contribution in [0.4, 0.5) is 0 Å². The van der Waals surface area contributed by atoms with Crippen LogP contribution >= 0.6 is 0 Å². The Hall–Kier alpha value is -1.08. The van der Waals surface area contributed by atoms with Gasteiger partial charge in [-0.2, -0.15) is 0 Å². The Morgan fingerprint density at radius 3 is 2.50 bits per heavy atom. The Morgan fingerprint density at radius 1 is 1.21 bits per heavy atom. The minimum atomic E-state index is 0.303. The van der Waals surface area contributed by atoms with Crippen LogP contribution in [-0.2, 0) is 11.2 Å². The van der Waals surface area contributed by atoms with Crippen molar-refractivity contribution in [2.45, 2.75) is 26.4 Å². The Kier molecular flexibility index (Phi) is 2.69. The van der Waals surface area contributed by atoms with E-state index in [1.807, 2.05) is 6.07 Å². The van der Waals surface area contributed by atoms with Gasteiger partial charge >= 0.3 is 0 Å². The lowest BCUT2D eigenvalue weighted by Crippen LogP contribution is -2.11. The van der Waals surface area contributed by atoms with Crippen molar-refractivity contribution < 1.29 is 4.74 Å². The van der Waals surface area contributed by atoms with Crippen molar-refractivity contribution >= 4 is 0 Å². The first-order chi connectivity index (χ1) is 6.77.